The lowest BCUT2D eigenvalue weighted by Gasteiger charge is -2.21. The SMILES string of the molecule is COc1cccc(NC(=S)C(=C([O-])c2ccc3c(c2)OCCO3)[n+]2cccc(C)c2)c1. The highest BCUT2D eigenvalue weighted by atomic mass is 32.1. The molecule has 1 aliphatic rings. The number of aryl methyl sites for hydroxylation is 1. The summed E-state index contributed by atoms with van der Waals surface area (Å²) >= 11 is 5.67. The van der Waals surface area contributed by atoms with E-state index >= 15 is 0 Å². The standard InChI is InChI=1S/C24H22N2O4S/c1-16-5-4-10-26(15-16)22(24(31)25-18-6-3-7-19(14-18)28-2)23(27)17-8-9-20-21(13-17)30-12-11-29-20/h3-10,13-15H,11-12H2,1-2H3,(H-,25,27,31). The van der Waals surface area contributed by atoms with E-state index in [0.717, 1.165) is 11.3 Å². The van der Waals surface area contributed by atoms with Crippen molar-refractivity contribution in [3.63, 3.8) is 0 Å². The van der Waals surface area contributed by atoms with Gasteiger partial charge in [-0.15, -0.1) is 0 Å². The van der Waals surface area contributed by atoms with Crippen molar-refractivity contribution in [3.8, 4) is 17.2 Å². The maximum atomic E-state index is 13.6. The fraction of sp³-hybridized carbons (Fsp3) is 0.167. The number of fused-ring (bicyclic) bond motifs is 1. The summed E-state index contributed by atoms with van der Waals surface area (Å²) in [6.07, 6.45) is 3.67. The third kappa shape index (κ3) is 4.62. The summed E-state index contributed by atoms with van der Waals surface area (Å²) < 4.78 is 18.2. The number of aromatic nitrogens is 1. The molecule has 31 heavy (non-hydrogen) atoms. The molecule has 0 saturated heterocycles. The van der Waals surface area contributed by atoms with Crippen molar-refractivity contribution < 1.29 is 23.9 Å². The number of methoxy groups -OCH3 is 1. The molecule has 1 N–H and O–H groups in total. The molecule has 2 heterocycles. The smallest absolute Gasteiger partial charge is 0.238 e. The number of nitrogens with one attached hydrogen (secondary N) is 1. The van der Waals surface area contributed by atoms with Gasteiger partial charge in [0.1, 0.15) is 19.0 Å². The predicted molar refractivity (Wildman–Crippen MR) is 121 cm³/mol. The van der Waals surface area contributed by atoms with Crippen molar-refractivity contribution in [2.45, 2.75) is 6.92 Å². The maximum absolute atomic E-state index is 13.6. The Hall–Kier alpha value is -3.58. The van der Waals surface area contributed by atoms with Crippen LogP contribution in [0.5, 0.6) is 17.2 Å². The van der Waals surface area contributed by atoms with Gasteiger partial charge in [0.2, 0.25) is 5.70 Å². The van der Waals surface area contributed by atoms with Gasteiger partial charge in [-0.25, -0.2) is 0 Å². The Kier molecular flexibility index (Phi) is 6.04. The Balaban J connectivity index is 1.77. The second-order valence-electron chi connectivity index (χ2n) is 7.01. The van der Waals surface area contributed by atoms with Crippen LogP contribution in [0.15, 0.2) is 67.0 Å². The fourth-order valence-electron chi connectivity index (χ4n) is 3.28. The van der Waals surface area contributed by atoms with Gasteiger partial charge in [0.25, 0.3) is 0 Å². The molecule has 0 radical (unpaired) electrons. The molecule has 0 unspecified atom stereocenters. The second-order valence-corrected chi connectivity index (χ2v) is 7.42. The van der Waals surface area contributed by atoms with E-state index in [9.17, 15) is 5.11 Å². The van der Waals surface area contributed by atoms with Gasteiger partial charge >= 0.3 is 0 Å². The number of thiocarbonyl (C=S) groups is 1. The quantitative estimate of drug-likeness (QED) is 0.288. The van der Waals surface area contributed by atoms with Gasteiger partial charge in [-0.2, -0.15) is 4.57 Å². The molecule has 0 saturated carbocycles. The van der Waals surface area contributed by atoms with Crippen LogP contribution in [0.2, 0.25) is 0 Å². The minimum absolute atomic E-state index is 0.229. The molecule has 0 aliphatic carbocycles. The zero-order chi connectivity index (χ0) is 21.8. The van der Waals surface area contributed by atoms with Crippen LogP contribution in [-0.4, -0.2) is 25.3 Å². The first-order valence-electron chi connectivity index (χ1n) is 9.80. The van der Waals surface area contributed by atoms with Crippen LogP contribution in [0, 0.1) is 6.92 Å². The highest BCUT2D eigenvalue weighted by Gasteiger charge is 2.21. The molecule has 7 heteroatoms. The normalized spacial score (nSPS) is 13.2. The second kappa shape index (κ2) is 9.06. The molecule has 0 bridgehead atoms. The van der Waals surface area contributed by atoms with Crippen molar-refractivity contribution in [2.24, 2.45) is 0 Å². The number of rotatable bonds is 5. The Labute approximate surface area is 186 Å². The topological polar surface area (TPSA) is 66.7 Å². The molecule has 1 aliphatic heterocycles. The summed E-state index contributed by atoms with van der Waals surface area (Å²) in [4.78, 5) is 0.295. The Morgan fingerprint density at radius 2 is 1.87 bits per heavy atom. The van der Waals surface area contributed by atoms with E-state index in [0.29, 0.717) is 46.7 Å². The van der Waals surface area contributed by atoms with Gasteiger partial charge in [0.05, 0.1) is 7.11 Å². The third-order valence-electron chi connectivity index (χ3n) is 4.77. The molecule has 6 nitrogen and oxygen atoms in total. The number of hydrogen-bond acceptors (Lipinski definition) is 5. The van der Waals surface area contributed by atoms with Crippen molar-refractivity contribution >= 4 is 34.3 Å². The molecular formula is C24H22N2O4S. The molecule has 2 aromatic carbocycles. The van der Waals surface area contributed by atoms with Gasteiger partial charge in [0, 0.05) is 23.4 Å². The predicted octanol–water partition coefficient (Wildman–Crippen LogP) is 3.19. The van der Waals surface area contributed by atoms with Crippen LogP contribution < -0.4 is 29.2 Å². The van der Waals surface area contributed by atoms with Crippen LogP contribution in [0.25, 0.3) is 11.5 Å². The first-order chi connectivity index (χ1) is 15.0. The lowest BCUT2D eigenvalue weighted by atomic mass is 10.1. The summed E-state index contributed by atoms with van der Waals surface area (Å²) in [7, 11) is 1.60. The minimum Gasteiger partial charge on any atom is -0.867 e. The first-order valence-corrected chi connectivity index (χ1v) is 10.2. The van der Waals surface area contributed by atoms with Crippen molar-refractivity contribution in [2.75, 3.05) is 25.6 Å². The van der Waals surface area contributed by atoms with E-state index in [1.807, 2.05) is 49.5 Å². The van der Waals surface area contributed by atoms with Gasteiger partial charge < -0.3 is 24.6 Å². The summed E-state index contributed by atoms with van der Waals surface area (Å²) in [5.74, 6) is 1.64. The average Bonchev–Trinajstić information content (AvgIpc) is 2.79. The van der Waals surface area contributed by atoms with Crippen molar-refractivity contribution in [1.29, 1.82) is 0 Å². The van der Waals surface area contributed by atoms with Crippen LogP contribution in [0.1, 0.15) is 11.1 Å². The van der Waals surface area contributed by atoms with Crippen LogP contribution in [0.3, 0.4) is 0 Å². The van der Waals surface area contributed by atoms with E-state index in [1.165, 1.54) is 0 Å². The molecule has 0 fully saturated rings. The number of pyridine rings is 1. The monoisotopic (exact) mass is 434 g/mol. The van der Waals surface area contributed by atoms with Crippen LogP contribution in [0.4, 0.5) is 5.69 Å². The fourth-order valence-corrected chi connectivity index (χ4v) is 3.60. The molecule has 0 atom stereocenters. The van der Waals surface area contributed by atoms with Gasteiger partial charge in [0.15, 0.2) is 28.9 Å². The summed E-state index contributed by atoms with van der Waals surface area (Å²) in [6, 6.07) is 16.4. The number of ether oxygens (including phenoxy) is 3. The summed E-state index contributed by atoms with van der Waals surface area (Å²) in [6.45, 7) is 2.90. The highest BCUT2D eigenvalue weighted by Crippen LogP contribution is 2.32. The van der Waals surface area contributed by atoms with E-state index < -0.39 is 0 Å². The Bertz CT molecular complexity index is 1160. The zero-order valence-corrected chi connectivity index (χ0v) is 18.1. The highest BCUT2D eigenvalue weighted by molar-refractivity contribution is 7.81. The number of nitrogens with zero attached hydrogens (tertiary/aromatic N) is 1. The minimum atomic E-state index is -0.229. The largest absolute Gasteiger partial charge is 0.867 e. The number of hydrogen-bond donors (Lipinski definition) is 1. The molecule has 0 spiro atoms. The molecule has 4 rings (SSSR count). The first kappa shape index (κ1) is 20.7. The number of benzene rings is 2. The Morgan fingerprint density at radius 3 is 2.65 bits per heavy atom. The Morgan fingerprint density at radius 1 is 1.06 bits per heavy atom. The van der Waals surface area contributed by atoms with E-state index in [2.05, 4.69) is 5.32 Å². The summed E-state index contributed by atoms with van der Waals surface area (Å²) in [5.41, 5.74) is 2.52. The van der Waals surface area contributed by atoms with Gasteiger partial charge in [-0.3, -0.25) is 0 Å². The third-order valence-corrected chi connectivity index (χ3v) is 5.06. The number of anilines is 1. The maximum Gasteiger partial charge on any atom is 0.238 e. The van der Waals surface area contributed by atoms with Crippen LogP contribution >= 0.6 is 12.2 Å². The molecule has 1 aromatic heterocycles. The van der Waals surface area contributed by atoms with E-state index in [-0.39, 0.29) is 5.76 Å². The van der Waals surface area contributed by atoms with Gasteiger partial charge in [-0.1, -0.05) is 24.4 Å². The van der Waals surface area contributed by atoms with E-state index in [1.54, 1.807) is 36.1 Å². The van der Waals surface area contributed by atoms with Crippen molar-refractivity contribution in [1.82, 2.24) is 0 Å². The molecule has 0 amide bonds. The molecule has 158 valence electrons. The molecular weight excluding hydrogens is 412 g/mol. The van der Waals surface area contributed by atoms with Crippen LogP contribution in [-0.2, 0) is 0 Å². The van der Waals surface area contributed by atoms with Gasteiger partial charge in [-0.05, 0) is 48.6 Å². The zero-order valence-electron chi connectivity index (χ0n) is 17.3. The van der Waals surface area contributed by atoms with E-state index in [4.69, 9.17) is 26.4 Å². The average molecular weight is 435 g/mol. The van der Waals surface area contributed by atoms with Crippen molar-refractivity contribution in [3.05, 3.63) is 78.1 Å². The molecule has 3 aromatic rings. The summed E-state index contributed by atoms with van der Waals surface area (Å²) in [5, 5.41) is 16.8. The lowest BCUT2D eigenvalue weighted by Crippen LogP contribution is -2.40. The lowest BCUT2D eigenvalue weighted by molar-refractivity contribution is -0.578.